The topological polar surface area (TPSA) is 102 Å². The van der Waals surface area contributed by atoms with E-state index in [1.807, 2.05) is 0 Å². The fourth-order valence-electron chi connectivity index (χ4n) is 2.38. The number of methoxy groups -OCH3 is 1. The summed E-state index contributed by atoms with van der Waals surface area (Å²) in [6, 6.07) is 11.2. The molecule has 2 aromatic rings. The zero-order valence-corrected chi connectivity index (χ0v) is 15.2. The van der Waals surface area contributed by atoms with Crippen LogP contribution in [-0.4, -0.2) is 36.5 Å². The number of hydrogen-bond acceptors (Lipinski definition) is 5. The van der Waals surface area contributed by atoms with Crippen LogP contribution in [0.2, 0.25) is 0 Å². The summed E-state index contributed by atoms with van der Waals surface area (Å²) >= 11 is 0. The molecular formula is C20H21NO6. The van der Waals surface area contributed by atoms with Crippen LogP contribution in [0, 0.1) is 0 Å². The molecule has 0 fully saturated rings. The Hall–Kier alpha value is -3.35. The number of hydrogen-bond donors (Lipinski definition) is 2. The van der Waals surface area contributed by atoms with Crippen molar-refractivity contribution >= 4 is 23.3 Å². The van der Waals surface area contributed by atoms with Crippen LogP contribution in [0.15, 0.2) is 42.5 Å². The first-order valence-corrected chi connectivity index (χ1v) is 8.35. The van der Waals surface area contributed by atoms with Crippen LogP contribution in [-0.2, 0) is 4.79 Å². The summed E-state index contributed by atoms with van der Waals surface area (Å²) < 4.78 is 10.5. The minimum absolute atomic E-state index is 0.0417. The Morgan fingerprint density at radius 1 is 1.07 bits per heavy atom. The third-order valence-electron chi connectivity index (χ3n) is 3.79. The molecule has 0 aromatic heterocycles. The van der Waals surface area contributed by atoms with Crippen LogP contribution in [0.25, 0.3) is 0 Å². The number of carbonyl (C=O) groups excluding carboxylic acids is 2. The fourth-order valence-corrected chi connectivity index (χ4v) is 2.38. The van der Waals surface area contributed by atoms with E-state index in [9.17, 15) is 19.5 Å². The average Bonchev–Trinajstić information content (AvgIpc) is 2.65. The lowest BCUT2D eigenvalue weighted by molar-refractivity contribution is -0.116. The second kappa shape index (κ2) is 9.38. The zero-order chi connectivity index (χ0) is 19.8. The maximum absolute atomic E-state index is 12.1. The summed E-state index contributed by atoms with van der Waals surface area (Å²) in [6.07, 6.45) is 0.603. The van der Waals surface area contributed by atoms with Crippen LogP contribution in [0.3, 0.4) is 0 Å². The van der Waals surface area contributed by atoms with E-state index in [1.165, 1.54) is 26.2 Å². The summed E-state index contributed by atoms with van der Waals surface area (Å²) in [5, 5.41) is 11.8. The summed E-state index contributed by atoms with van der Waals surface area (Å²) in [6.45, 7) is 1.77. The number of aromatic carboxylic acids is 1. The highest BCUT2D eigenvalue weighted by atomic mass is 16.5. The molecule has 27 heavy (non-hydrogen) atoms. The van der Waals surface area contributed by atoms with Gasteiger partial charge in [0.05, 0.1) is 25.0 Å². The number of amides is 1. The predicted octanol–water partition coefficient (Wildman–Crippen LogP) is 3.39. The molecule has 0 aliphatic heterocycles. The number of Topliss-reactive ketones (excluding diaryl/α,β-unsaturated/α-hetero) is 1. The van der Waals surface area contributed by atoms with Crippen molar-refractivity contribution < 1.29 is 29.0 Å². The molecule has 0 unspecified atom stereocenters. The number of nitrogens with one attached hydrogen (secondary N) is 1. The molecule has 0 heterocycles. The normalized spacial score (nSPS) is 10.1. The molecule has 0 saturated heterocycles. The van der Waals surface area contributed by atoms with Crippen molar-refractivity contribution in [3.05, 3.63) is 53.6 Å². The Morgan fingerprint density at radius 2 is 1.85 bits per heavy atom. The Kier molecular flexibility index (Phi) is 6.93. The molecule has 7 heteroatoms. The molecule has 142 valence electrons. The van der Waals surface area contributed by atoms with Gasteiger partial charge in [0.15, 0.2) is 5.78 Å². The minimum atomic E-state index is -1.15. The number of carboxylic acids is 1. The molecule has 2 rings (SSSR count). The number of ether oxygens (including phenoxy) is 2. The monoisotopic (exact) mass is 371 g/mol. The van der Waals surface area contributed by atoms with E-state index in [4.69, 9.17) is 9.47 Å². The highest BCUT2D eigenvalue weighted by Gasteiger charge is 2.14. The molecule has 0 aliphatic rings. The van der Waals surface area contributed by atoms with Crippen LogP contribution in [0.4, 0.5) is 5.69 Å². The van der Waals surface area contributed by atoms with Crippen molar-refractivity contribution in [1.29, 1.82) is 0 Å². The second-order valence-electron chi connectivity index (χ2n) is 5.80. The number of carboxylic acid groups (broad SMARTS) is 1. The van der Waals surface area contributed by atoms with Gasteiger partial charge in [-0.1, -0.05) is 12.1 Å². The number of benzene rings is 2. The number of ketones is 1. The molecule has 7 nitrogen and oxygen atoms in total. The molecular weight excluding hydrogens is 350 g/mol. The van der Waals surface area contributed by atoms with Gasteiger partial charge in [-0.3, -0.25) is 9.59 Å². The fraction of sp³-hybridized carbons (Fsp3) is 0.250. The number of carbonyl (C=O) groups is 3. The molecule has 2 N–H and O–H groups in total. The van der Waals surface area contributed by atoms with E-state index in [0.29, 0.717) is 30.1 Å². The average molecular weight is 371 g/mol. The largest absolute Gasteiger partial charge is 0.497 e. The third-order valence-corrected chi connectivity index (χ3v) is 3.79. The lowest BCUT2D eigenvalue weighted by Gasteiger charge is -2.10. The van der Waals surface area contributed by atoms with E-state index < -0.39 is 5.97 Å². The van der Waals surface area contributed by atoms with Crippen molar-refractivity contribution in [2.45, 2.75) is 19.8 Å². The summed E-state index contributed by atoms with van der Waals surface area (Å²) in [5.41, 5.74) is 0.731. The van der Waals surface area contributed by atoms with E-state index in [2.05, 4.69) is 5.32 Å². The van der Waals surface area contributed by atoms with Crippen molar-refractivity contribution in [3.8, 4) is 11.5 Å². The summed E-state index contributed by atoms with van der Waals surface area (Å²) in [5.74, 6) is -0.562. The molecule has 0 saturated carbocycles. The first kappa shape index (κ1) is 20.0. The molecule has 0 radical (unpaired) electrons. The lowest BCUT2D eigenvalue weighted by atomic mass is 10.1. The van der Waals surface area contributed by atoms with Gasteiger partial charge < -0.3 is 19.9 Å². The molecule has 0 bridgehead atoms. The van der Waals surface area contributed by atoms with Crippen molar-refractivity contribution in [2.24, 2.45) is 0 Å². The minimum Gasteiger partial charge on any atom is -0.497 e. The van der Waals surface area contributed by atoms with Gasteiger partial charge in [0.2, 0.25) is 5.91 Å². The predicted molar refractivity (Wildman–Crippen MR) is 99.8 cm³/mol. The van der Waals surface area contributed by atoms with Gasteiger partial charge in [-0.2, -0.15) is 0 Å². The van der Waals surface area contributed by atoms with Gasteiger partial charge in [-0.05, 0) is 43.7 Å². The summed E-state index contributed by atoms with van der Waals surface area (Å²) in [7, 11) is 1.44. The van der Waals surface area contributed by atoms with Gasteiger partial charge in [0, 0.05) is 12.0 Å². The van der Waals surface area contributed by atoms with E-state index in [-0.39, 0.29) is 29.4 Å². The molecule has 0 atom stereocenters. The van der Waals surface area contributed by atoms with Crippen LogP contribution in [0.1, 0.15) is 40.5 Å². The number of anilines is 1. The lowest BCUT2D eigenvalue weighted by Crippen LogP contribution is -2.15. The highest BCUT2D eigenvalue weighted by molar-refractivity contribution is 6.00. The zero-order valence-electron chi connectivity index (χ0n) is 15.2. The highest BCUT2D eigenvalue weighted by Crippen LogP contribution is 2.22. The Labute approximate surface area is 156 Å². The Balaban J connectivity index is 1.86. The summed E-state index contributed by atoms with van der Waals surface area (Å²) in [4.78, 5) is 34.7. The van der Waals surface area contributed by atoms with Gasteiger partial charge >= 0.3 is 5.97 Å². The Bertz CT molecular complexity index is 846. The quantitative estimate of drug-likeness (QED) is 0.517. The van der Waals surface area contributed by atoms with Crippen LogP contribution >= 0.6 is 0 Å². The van der Waals surface area contributed by atoms with Crippen LogP contribution in [0.5, 0.6) is 11.5 Å². The van der Waals surface area contributed by atoms with Gasteiger partial charge in [0.1, 0.15) is 11.5 Å². The maximum atomic E-state index is 12.1. The molecule has 1 amide bonds. The molecule has 0 spiro atoms. The van der Waals surface area contributed by atoms with E-state index in [1.54, 1.807) is 30.3 Å². The maximum Gasteiger partial charge on any atom is 0.337 e. The standard InChI is InChI=1S/C20H21NO6/c1-13(22)14-5-3-6-16(11-14)27-10-4-7-19(23)21-18-9-8-15(26-2)12-17(18)20(24)25/h3,5-6,8-9,11-12H,4,7,10H2,1-2H3,(H,21,23)(H,24,25). The molecule has 2 aromatic carbocycles. The SMILES string of the molecule is COc1ccc(NC(=O)CCCOc2cccc(C(C)=O)c2)c(C(=O)O)c1. The smallest absolute Gasteiger partial charge is 0.337 e. The van der Waals surface area contributed by atoms with Gasteiger partial charge in [-0.25, -0.2) is 4.79 Å². The van der Waals surface area contributed by atoms with Crippen molar-refractivity contribution in [2.75, 3.05) is 19.0 Å². The van der Waals surface area contributed by atoms with Gasteiger partial charge in [-0.15, -0.1) is 0 Å². The molecule has 0 aliphatic carbocycles. The first-order chi connectivity index (χ1) is 12.9. The van der Waals surface area contributed by atoms with Crippen molar-refractivity contribution in [1.82, 2.24) is 0 Å². The van der Waals surface area contributed by atoms with E-state index >= 15 is 0 Å². The third kappa shape index (κ3) is 5.85. The van der Waals surface area contributed by atoms with Gasteiger partial charge in [0.25, 0.3) is 0 Å². The van der Waals surface area contributed by atoms with Crippen molar-refractivity contribution in [3.63, 3.8) is 0 Å². The number of rotatable bonds is 9. The first-order valence-electron chi connectivity index (χ1n) is 8.35. The second-order valence-corrected chi connectivity index (χ2v) is 5.80. The van der Waals surface area contributed by atoms with Crippen LogP contribution < -0.4 is 14.8 Å². The Morgan fingerprint density at radius 3 is 2.52 bits per heavy atom. The van der Waals surface area contributed by atoms with E-state index in [0.717, 1.165) is 0 Å².